The van der Waals surface area contributed by atoms with Crippen LogP contribution in [0.2, 0.25) is 5.02 Å². The third-order valence-electron chi connectivity index (χ3n) is 5.37. The van der Waals surface area contributed by atoms with Gasteiger partial charge in [0.05, 0.1) is 5.69 Å². The number of carbonyl (C=O) groups excluding carboxylic acids is 3. The summed E-state index contributed by atoms with van der Waals surface area (Å²) in [6.07, 6.45) is 0.779. The normalized spacial score (nSPS) is 11.8. The maximum Gasteiger partial charge on any atom is 0.273 e. The van der Waals surface area contributed by atoms with Crippen LogP contribution in [-0.4, -0.2) is 28.6 Å². The Morgan fingerprint density at radius 3 is 2.40 bits per heavy atom. The highest BCUT2D eigenvalue weighted by Crippen LogP contribution is 2.34. The first-order valence-electron chi connectivity index (χ1n) is 11.1. The number of hydrogen-bond acceptors (Lipinski definition) is 6. The molecule has 0 aliphatic carbocycles. The summed E-state index contributed by atoms with van der Waals surface area (Å²) in [7, 11) is 0. The van der Waals surface area contributed by atoms with Gasteiger partial charge >= 0.3 is 0 Å². The zero-order valence-corrected chi connectivity index (χ0v) is 21.3. The SMILES string of the molecule is Cc1cccc(N(C(=O)c2snc(C(N)=O)c2N)[C@@H](C(=O)NCCC(C)C)c2ccc(Cl)cc2)c1. The molecule has 0 aliphatic rings. The van der Waals surface area contributed by atoms with Gasteiger partial charge < -0.3 is 16.8 Å². The molecule has 8 nitrogen and oxygen atoms in total. The molecular weight excluding hydrogens is 486 g/mol. The molecule has 0 bridgehead atoms. The zero-order valence-electron chi connectivity index (χ0n) is 19.7. The Hall–Kier alpha value is -3.43. The standard InChI is InChI=1S/C25H28ClN5O3S/c1-14(2)11-12-29-24(33)21(16-7-9-17(26)10-8-16)31(18-6-4-5-15(3)13-18)25(34)22-19(27)20(23(28)32)30-35-22/h4-10,13-14,21H,11-12,27H2,1-3H3,(H2,28,32)(H,29,33)/t21-/m1/s1. The fourth-order valence-electron chi connectivity index (χ4n) is 3.54. The lowest BCUT2D eigenvalue weighted by atomic mass is 10.0. The van der Waals surface area contributed by atoms with Crippen LogP contribution in [0.25, 0.3) is 0 Å². The van der Waals surface area contributed by atoms with E-state index in [9.17, 15) is 14.4 Å². The number of amides is 3. The summed E-state index contributed by atoms with van der Waals surface area (Å²) in [4.78, 5) is 40.6. The maximum atomic E-state index is 13.9. The highest BCUT2D eigenvalue weighted by Gasteiger charge is 2.36. The maximum absolute atomic E-state index is 13.9. The topological polar surface area (TPSA) is 131 Å². The zero-order chi connectivity index (χ0) is 25.7. The molecule has 2 aromatic carbocycles. The number of hydrogen-bond donors (Lipinski definition) is 3. The number of aromatic nitrogens is 1. The second-order valence-corrected chi connectivity index (χ2v) is 9.79. The Balaban J connectivity index is 2.16. The van der Waals surface area contributed by atoms with Crippen molar-refractivity contribution in [2.45, 2.75) is 33.2 Å². The number of aryl methyl sites for hydroxylation is 1. The van der Waals surface area contributed by atoms with Crippen LogP contribution in [0.15, 0.2) is 48.5 Å². The van der Waals surface area contributed by atoms with Crippen molar-refractivity contribution in [2.75, 3.05) is 17.2 Å². The Kier molecular flexibility index (Phi) is 8.48. The first-order chi connectivity index (χ1) is 16.6. The van der Waals surface area contributed by atoms with Crippen LogP contribution in [0.4, 0.5) is 11.4 Å². The van der Waals surface area contributed by atoms with Gasteiger partial charge in [-0.15, -0.1) is 0 Å². The molecule has 3 rings (SSSR count). The molecular formula is C25H28ClN5O3S. The van der Waals surface area contributed by atoms with E-state index in [1.54, 1.807) is 42.5 Å². The number of nitrogens with two attached hydrogens (primary N) is 2. The van der Waals surface area contributed by atoms with Gasteiger partial charge in [0.15, 0.2) is 5.69 Å². The van der Waals surface area contributed by atoms with E-state index in [0.29, 0.717) is 28.7 Å². The third-order valence-corrected chi connectivity index (χ3v) is 6.47. The van der Waals surface area contributed by atoms with Crippen molar-refractivity contribution in [1.82, 2.24) is 9.69 Å². The average Bonchev–Trinajstić information content (AvgIpc) is 3.19. The molecule has 1 aromatic heterocycles. The molecule has 5 N–H and O–H groups in total. The molecule has 0 unspecified atom stereocenters. The molecule has 184 valence electrons. The molecule has 0 saturated carbocycles. The minimum Gasteiger partial charge on any atom is -0.395 e. The molecule has 0 radical (unpaired) electrons. The fraction of sp³-hybridized carbons (Fsp3) is 0.280. The van der Waals surface area contributed by atoms with Gasteiger partial charge in [-0.05, 0) is 66.2 Å². The number of nitrogens with one attached hydrogen (secondary N) is 1. The lowest BCUT2D eigenvalue weighted by Gasteiger charge is -2.31. The Morgan fingerprint density at radius 2 is 1.83 bits per heavy atom. The number of anilines is 2. The molecule has 0 spiro atoms. The molecule has 1 atom stereocenters. The van der Waals surface area contributed by atoms with E-state index >= 15 is 0 Å². The van der Waals surface area contributed by atoms with Gasteiger partial charge in [0.1, 0.15) is 10.9 Å². The van der Waals surface area contributed by atoms with Crippen molar-refractivity contribution in [3.63, 3.8) is 0 Å². The van der Waals surface area contributed by atoms with Crippen molar-refractivity contribution in [3.8, 4) is 0 Å². The third kappa shape index (κ3) is 6.17. The van der Waals surface area contributed by atoms with Gasteiger partial charge in [0, 0.05) is 17.3 Å². The molecule has 3 amide bonds. The summed E-state index contributed by atoms with van der Waals surface area (Å²) in [5, 5.41) is 3.45. The summed E-state index contributed by atoms with van der Waals surface area (Å²) in [6.45, 7) is 6.46. The van der Waals surface area contributed by atoms with E-state index in [4.69, 9.17) is 23.1 Å². The van der Waals surface area contributed by atoms with Crippen LogP contribution in [-0.2, 0) is 4.79 Å². The summed E-state index contributed by atoms with van der Waals surface area (Å²) in [5.41, 5.74) is 13.1. The number of nitrogens with zero attached hydrogens (tertiary/aromatic N) is 2. The van der Waals surface area contributed by atoms with Crippen molar-refractivity contribution >= 4 is 52.2 Å². The first kappa shape index (κ1) is 26.2. The van der Waals surface area contributed by atoms with Crippen LogP contribution in [0.1, 0.15) is 57.6 Å². The predicted molar refractivity (Wildman–Crippen MR) is 140 cm³/mol. The van der Waals surface area contributed by atoms with Gasteiger partial charge in [-0.1, -0.05) is 49.7 Å². The van der Waals surface area contributed by atoms with E-state index in [1.807, 2.05) is 13.0 Å². The van der Waals surface area contributed by atoms with Crippen LogP contribution in [0.3, 0.4) is 0 Å². The minimum absolute atomic E-state index is 0.0225. The number of rotatable bonds is 9. The molecule has 35 heavy (non-hydrogen) atoms. The number of carbonyl (C=O) groups is 3. The van der Waals surface area contributed by atoms with Crippen molar-refractivity contribution in [3.05, 3.63) is 75.3 Å². The highest BCUT2D eigenvalue weighted by molar-refractivity contribution is 7.09. The van der Waals surface area contributed by atoms with Crippen LogP contribution < -0.4 is 21.7 Å². The second kappa shape index (κ2) is 11.3. The molecule has 0 saturated heterocycles. The Labute approximate surface area is 213 Å². The fourth-order valence-corrected chi connectivity index (χ4v) is 4.41. The van der Waals surface area contributed by atoms with E-state index in [2.05, 4.69) is 23.5 Å². The molecule has 0 aliphatic heterocycles. The monoisotopic (exact) mass is 513 g/mol. The quantitative estimate of drug-likeness (QED) is 0.391. The van der Waals surface area contributed by atoms with Gasteiger partial charge in [0.25, 0.3) is 11.8 Å². The number of benzene rings is 2. The van der Waals surface area contributed by atoms with Crippen molar-refractivity contribution < 1.29 is 14.4 Å². The molecule has 0 fully saturated rings. The molecule has 3 aromatic rings. The number of primary amides is 1. The summed E-state index contributed by atoms with van der Waals surface area (Å²) < 4.78 is 3.96. The van der Waals surface area contributed by atoms with E-state index in [1.165, 1.54) is 4.90 Å². The summed E-state index contributed by atoms with van der Waals surface area (Å²) >= 11 is 6.86. The second-order valence-electron chi connectivity index (χ2n) is 8.58. The van der Waals surface area contributed by atoms with Gasteiger partial charge in [0.2, 0.25) is 5.91 Å². The average molecular weight is 514 g/mol. The van der Waals surface area contributed by atoms with Crippen LogP contribution in [0, 0.1) is 12.8 Å². The van der Waals surface area contributed by atoms with E-state index in [0.717, 1.165) is 23.5 Å². The smallest absolute Gasteiger partial charge is 0.273 e. The van der Waals surface area contributed by atoms with E-state index < -0.39 is 17.9 Å². The van der Waals surface area contributed by atoms with Crippen LogP contribution >= 0.6 is 23.1 Å². The molecule has 10 heteroatoms. The number of halogens is 1. The summed E-state index contributed by atoms with van der Waals surface area (Å²) in [5.74, 6) is -1.37. The Bertz CT molecular complexity index is 1230. The van der Waals surface area contributed by atoms with Gasteiger partial charge in [-0.2, -0.15) is 4.37 Å². The predicted octanol–water partition coefficient (Wildman–Crippen LogP) is 4.34. The Morgan fingerprint density at radius 1 is 1.14 bits per heavy atom. The largest absolute Gasteiger partial charge is 0.395 e. The lowest BCUT2D eigenvalue weighted by molar-refractivity contribution is -0.122. The highest BCUT2D eigenvalue weighted by atomic mass is 35.5. The van der Waals surface area contributed by atoms with E-state index in [-0.39, 0.29) is 22.2 Å². The van der Waals surface area contributed by atoms with Crippen molar-refractivity contribution in [2.24, 2.45) is 11.7 Å². The lowest BCUT2D eigenvalue weighted by Crippen LogP contribution is -2.44. The van der Waals surface area contributed by atoms with Crippen molar-refractivity contribution in [1.29, 1.82) is 0 Å². The number of nitrogen functional groups attached to an aromatic ring is 1. The first-order valence-corrected chi connectivity index (χ1v) is 12.2. The minimum atomic E-state index is -1.03. The van der Waals surface area contributed by atoms with Crippen LogP contribution in [0.5, 0.6) is 0 Å². The molecule has 1 heterocycles. The summed E-state index contributed by atoms with van der Waals surface area (Å²) in [6, 6.07) is 12.9. The van der Waals surface area contributed by atoms with Gasteiger partial charge in [-0.3, -0.25) is 19.3 Å². The van der Waals surface area contributed by atoms with Gasteiger partial charge in [-0.25, -0.2) is 0 Å².